The summed E-state index contributed by atoms with van der Waals surface area (Å²) in [5.41, 5.74) is 1.95. The van der Waals surface area contributed by atoms with Crippen molar-refractivity contribution in [3.63, 3.8) is 0 Å². The van der Waals surface area contributed by atoms with Gasteiger partial charge in [-0.3, -0.25) is 14.3 Å². The van der Waals surface area contributed by atoms with E-state index < -0.39 is 5.97 Å². The molecule has 0 saturated carbocycles. The minimum Gasteiger partial charge on any atom is -0.481 e. The molecule has 7 heteroatoms. The third-order valence-electron chi connectivity index (χ3n) is 3.60. The summed E-state index contributed by atoms with van der Waals surface area (Å²) in [7, 11) is 1.83. The summed E-state index contributed by atoms with van der Waals surface area (Å²) >= 11 is 3.41. The average Bonchev–Trinajstić information content (AvgIpc) is 2.94. The molecule has 0 aliphatic carbocycles. The van der Waals surface area contributed by atoms with Crippen LogP contribution in [0.15, 0.2) is 41.1 Å². The maximum atomic E-state index is 12.5. The Morgan fingerprint density at radius 3 is 2.71 bits per heavy atom. The Hall–Kier alpha value is -2.15. The monoisotopic (exact) mass is 393 g/mol. The van der Waals surface area contributed by atoms with Gasteiger partial charge in [-0.05, 0) is 29.7 Å². The van der Waals surface area contributed by atoms with E-state index >= 15 is 0 Å². The summed E-state index contributed by atoms with van der Waals surface area (Å²) in [6.07, 6.45) is 4.48. The lowest BCUT2D eigenvalue weighted by Crippen LogP contribution is -2.32. The van der Waals surface area contributed by atoms with Crippen molar-refractivity contribution in [2.75, 3.05) is 6.54 Å². The van der Waals surface area contributed by atoms with Gasteiger partial charge in [-0.25, -0.2) is 0 Å². The lowest BCUT2D eigenvalue weighted by atomic mass is 10.1. The third kappa shape index (κ3) is 5.81. The van der Waals surface area contributed by atoms with Crippen LogP contribution in [0.2, 0.25) is 0 Å². The maximum absolute atomic E-state index is 12.5. The predicted molar refractivity (Wildman–Crippen MR) is 93.3 cm³/mol. The molecule has 24 heavy (non-hydrogen) atoms. The maximum Gasteiger partial charge on any atom is 0.305 e. The van der Waals surface area contributed by atoms with Crippen LogP contribution in [-0.4, -0.2) is 38.2 Å². The van der Waals surface area contributed by atoms with Crippen molar-refractivity contribution in [1.82, 2.24) is 14.7 Å². The molecule has 1 aromatic heterocycles. The lowest BCUT2D eigenvalue weighted by Gasteiger charge is -2.22. The van der Waals surface area contributed by atoms with Gasteiger partial charge in [0.1, 0.15) is 0 Å². The Kier molecular flexibility index (Phi) is 6.54. The Labute approximate surface area is 149 Å². The first-order valence-corrected chi connectivity index (χ1v) is 8.45. The second-order valence-electron chi connectivity index (χ2n) is 5.61. The smallest absolute Gasteiger partial charge is 0.305 e. The van der Waals surface area contributed by atoms with Crippen LogP contribution in [0.5, 0.6) is 0 Å². The summed E-state index contributed by atoms with van der Waals surface area (Å²) in [6, 6.07) is 7.67. The number of rotatable bonds is 8. The molecular weight excluding hydrogens is 374 g/mol. The number of halogens is 1. The van der Waals surface area contributed by atoms with Gasteiger partial charge in [-0.1, -0.05) is 28.1 Å². The highest BCUT2D eigenvalue weighted by atomic mass is 79.9. The fourth-order valence-corrected chi connectivity index (χ4v) is 2.84. The van der Waals surface area contributed by atoms with E-state index in [1.165, 1.54) is 0 Å². The topological polar surface area (TPSA) is 75.4 Å². The number of hydrogen-bond donors (Lipinski definition) is 1. The first kappa shape index (κ1) is 18.2. The molecule has 1 aromatic carbocycles. The van der Waals surface area contributed by atoms with E-state index in [1.807, 2.05) is 37.5 Å². The summed E-state index contributed by atoms with van der Waals surface area (Å²) in [6.45, 7) is 0.603. The Balaban J connectivity index is 2.00. The second-order valence-corrected chi connectivity index (χ2v) is 6.53. The number of aliphatic carboxylic acids is 1. The van der Waals surface area contributed by atoms with Crippen LogP contribution < -0.4 is 0 Å². The number of hydrogen-bond acceptors (Lipinski definition) is 3. The molecule has 0 fully saturated rings. The van der Waals surface area contributed by atoms with Gasteiger partial charge in [0.25, 0.3) is 0 Å². The number of amides is 1. The zero-order valence-corrected chi connectivity index (χ0v) is 15.1. The summed E-state index contributed by atoms with van der Waals surface area (Å²) in [4.78, 5) is 25.0. The summed E-state index contributed by atoms with van der Waals surface area (Å²) < 4.78 is 2.63. The van der Waals surface area contributed by atoms with Gasteiger partial charge in [0.15, 0.2) is 0 Å². The van der Waals surface area contributed by atoms with Gasteiger partial charge in [-0.15, -0.1) is 0 Å². The van der Waals surface area contributed by atoms with Crippen molar-refractivity contribution in [1.29, 1.82) is 0 Å². The molecule has 2 rings (SSSR count). The highest BCUT2D eigenvalue weighted by molar-refractivity contribution is 9.10. The second kappa shape index (κ2) is 8.63. The van der Waals surface area contributed by atoms with E-state index in [2.05, 4.69) is 21.0 Å². The number of nitrogens with zero attached hydrogens (tertiary/aromatic N) is 3. The minimum absolute atomic E-state index is 0.0555. The van der Waals surface area contributed by atoms with Crippen molar-refractivity contribution < 1.29 is 14.7 Å². The van der Waals surface area contributed by atoms with Crippen LogP contribution in [0.25, 0.3) is 0 Å². The molecule has 0 aliphatic heterocycles. The Bertz CT molecular complexity index is 715. The van der Waals surface area contributed by atoms with Gasteiger partial charge in [0.2, 0.25) is 5.91 Å². The van der Waals surface area contributed by atoms with E-state index in [-0.39, 0.29) is 18.9 Å². The zero-order chi connectivity index (χ0) is 17.5. The van der Waals surface area contributed by atoms with Crippen LogP contribution >= 0.6 is 15.9 Å². The van der Waals surface area contributed by atoms with Crippen molar-refractivity contribution in [3.05, 3.63) is 52.3 Å². The van der Waals surface area contributed by atoms with Gasteiger partial charge in [0.05, 0.1) is 12.6 Å². The molecule has 0 radical (unpaired) electrons. The number of aryl methyl sites for hydroxylation is 2. The van der Waals surface area contributed by atoms with Crippen LogP contribution in [0.1, 0.15) is 24.0 Å². The van der Waals surface area contributed by atoms with Gasteiger partial charge in [-0.2, -0.15) is 5.10 Å². The highest BCUT2D eigenvalue weighted by Crippen LogP contribution is 2.15. The fraction of sp³-hybridized carbons (Fsp3) is 0.353. The van der Waals surface area contributed by atoms with Crippen molar-refractivity contribution >= 4 is 27.8 Å². The van der Waals surface area contributed by atoms with Gasteiger partial charge < -0.3 is 10.0 Å². The standard InChI is InChI=1S/C17H20BrN3O3/c1-20-11-14(10-19-20)5-6-16(22)21(8-7-17(23)24)12-13-3-2-4-15(18)9-13/h2-4,9-11H,5-8,12H2,1H3,(H,23,24). The van der Waals surface area contributed by atoms with Crippen molar-refractivity contribution in [3.8, 4) is 0 Å². The van der Waals surface area contributed by atoms with Crippen molar-refractivity contribution in [2.24, 2.45) is 7.05 Å². The number of carbonyl (C=O) groups excluding carboxylic acids is 1. The molecule has 0 atom stereocenters. The molecule has 128 valence electrons. The molecule has 0 bridgehead atoms. The average molecular weight is 394 g/mol. The van der Waals surface area contributed by atoms with Crippen LogP contribution in [-0.2, 0) is 29.6 Å². The first-order chi connectivity index (χ1) is 11.4. The Morgan fingerprint density at radius 1 is 1.29 bits per heavy atom. The van der Waals surface area contributed by atoms with Gasteiger partial charge >= 0.3 is 5.97 Å². The predicted octanol–water partition coefficient (Wildman–Crippen LogP) is 2.62. The number of carboxylic acids is 1. The van der Waals surface area contributed by atoms with E-state index in [4.69, 9.17) is 5.11 Å². The number of benzene rings is 1. The van der Waals surface area contributed by atoms with Crippen LogP contribution in [0.3, 0.4) is 0 Å². The van der Waals surface area contributed by atoms with Crippen molar-refractivity contribution in [2.45, 2.75) is 25.8 Å². The molecule has 1 heterocycles. The molecule has 0 saturated heterocycles. The lowest BCUT2D eigenvalue weighted by molar-refractivity contribution is -0.138. The molecule has 1 amide bonds. The summed E-state index contributed by atoms with van der Waals surface area (Å²) in [5.74, 6) is -0.964. The largest absolute Gasteiger partial charge is 0.481 e. The van der Waals surface area contributed by atoms with Gasteiger partial charge in [0, 0.05) is 37.2 Å². The van der Waals surface area contributed by atoms with E-state index in [0.717, 1.165) is 15.6 Å². The van der Waals surface area contributed by atoms with E-state index in [9.17, 15) is 9.59 Å². The van der Waals surface area contributed by atoms with Crippen LogP contribution in [0, 0.1) is 0 Å². The fourth-order valence-electron chi connectivity index (χ4n) is 2.39. The number of carbonyl (C=O) groups is 2. The highest BCUT2D eigenvalue weighted by Gasteiger charge is 2.16. The minimum atomic E-state index is -0.908. The molecule has 1 N–H and O–H groups in total. The SMILES string of the molecule is Cn1cc(CCC(=O)N(CCC(=O)O)Cc2cccc(Br)c2)cn1. The van der Waals surface area contributed by atoms with E-state index in [1.54, 1.807) is 15.8 Å². The molecule has 0 unspecified atom stereocenters. The summed E-state index contributed by atoms with van der Waals surface area (Å²) in [5, 5.41) is 13.0. The number of carboxylic acid groups (broad SMARTS) is 1. The molecule has 0 spiro atoms. The normalized spacial score (nSPS) is 10.6. The number of aromatic nitrogens is 2. The molecule has 6 nitrogen and oxygen atoms in total. The van der Waals surface area contributed by atoms with Crippen LogP contribution in [0.4, 0.5) is 0 Å². The first-order valence-electron chi connectivity index (χ1n) is 7.65. The molecular formula is C17H20BrN3O3. The molecule has 0 aliphatic rings. The molecule has 2 aromatic rings. The Morgan fingerprint density at radius 2 is 2.08 bits per heavy atom. The van der Waals surface area contributed by atoms with E-state index in [0.29, 0.717) is 19.4 Å². The zero-order valence-electron chi connectivity index (χ0n) is 13.5. The third-order valence-corrected chi connectivity index (χ3v) is 4.09. The quantitative estimate of drug-likeness (QED) is 0.747.